The van der Waals surface area contributed by atoms with Gasteiger partial charge in [0.05, 0.1) is 31.0 Å². The van der Waals surface area contributed by atoms with Gasteiger partial charge in [0.1, 0.15) is 24.1 Å². The summed E-state index contributed by atoms with van der Waals surface area (Å²) in [5.74, 6) is -2.62. The number of nitrogens with one attached hydrogen (secondary N) is 1. The summed E-state index contributed by atoms with van der Waals surface area (Å²) >= 11 is 0. The molecule has 5 rings (SSSR count). The first-order valence-corrected chi connectivity index (χ1v) is 16.4. The van der Waals surface area contributed by atoms with Crippen molar-refractivity contribution in [1.29, 1.82) is 0 Å². The number of hydrogen-bond acceptors (Lipinski definition) is 8. The molecule has 0 saturated carbocycles. The van der Waals surface area contributed by atoms with Gasteiger partial charge in [-0.2, -0.15) is 0 Å². The van der Waals surface area contributed by atoms with Crippen molar-refractivity contribution in [2.75, 3.05) is 39.4 Å². The van der Waals surface area contributed by atoms with Gasteiger partial charge in [0.15, 0.2) is 5.78 Å². The second-order valence-electron chi connectivity index (χ2n) is 12.4. The predicted molar refractivity (Wildman–Crippen MR) is 171 cm³/mol. The fourth-order valence-electron chi connectivity index (χ4n) is 6.36. The van der Waals surface area contributed by atoms with Crippen LogP contribution in [-0.2, 0) is 31.9 Å². The van der Waals surface area contributed by atoms with Crippen molar-refractivity contribution < 1.29 is 32.2 Å². The highest BCUT2D eigenvalue weighted by Crippen LogP contribution is 2.29. The summed E-state index contributed by atoms with van der Waals surface area (Å²) in [6.07, 6.45) is 6.72. The van der Waals surface area contributed by atoms with E-state index >= 15 is 4.39 Å². The molecular formula is C36H43F3N4O4. The number of carbonyl (C=O) groups excluding carboxylic acids is 2. The number of carbonyl (C=O) groups is 2. The van der Waals surface area contributed by atoms with E-state index in [1.54, 1.807) is 24.3 Å². The largest absolute Gasteiger partial charge is 0.464 e. The van der Waals surface area contributed by atoms with E-state index in [4.69, 9.17) is 15.2 Å². The van der Waals surface area contributed by atoms with Gasteiger partial charge in [-0.1, -0.05) is 24.3 Å². The number of aromatic nitrogens is 1. The lowest BCUT2D eigenvalue weighted by atomic mass is 9.82. The van der Waals surface area contributed by atoms with Crippen molar-refractivity contribution >= 4 is 11.8 Å². The molecule has 0 unspecified atom stereocenters. The number of hydrogen-bond donors (Lipinski definition) is 2. The maximum absolute atomic E-state index is 15.1. The molecule has 0 amide bonds. The lowest BCUT2D eigenvalue weighted by molar-refractivity contribution is -0.146. The van der Waals surface area contributed by atoms with Gasteiger partial charge in [-0.25, -0.2) is 13.2 Å². The first-order valence-electron chi connectivity index (χ1n) is 16.4. The quantitative estimate of drug-likeness (QED) is 0.232. The number of esters is 1. The molecule has 3 heterocycles. The molecule has 2 aliphatic heterocycles. The molecule has 0 bridgehead atoms. The maximum atomic E-state index is 15.1. The van der Waals surface area contributed by atoms with Crippen molar-refractivity contribution in [3.63, 3.8) is 0 Å². The van der Waals surface area contributed by atoms with E-state index in [0.717, 1.165) is 32.3 Å². The molecule has 11 heteroatoms. The van der Waals surface area contributed by atoms with Crippen molar-refractivity contribution in [2.24, 2.45) is 5.73 Å². The SMILES string of the molecule is N[C@H](C(=O)Cc1cncc(F)c1CC[C@@H]1CN[C@H](COC(=O)CCCN2CCCC2)CO1)C(c1ccc(F)cc1)c1ccc(F)cc1. The van der Waals surface area contributed by atoms with Crippen LogP contribution in [0.2, 0.25) is 0 Å². The van der Waals surface area contributed by atoms with Gasteiger partial charge in [0, 0.05) is 31.5 Å². The number of Topliss-reactive ketones (excluding diaryl/α,β-unsaturated/α-hetero) is 1. The Morgan fingerprint density at radius 3 is 2.28 bits per heavy atom. The van der Waals surface area contributed by atoms with Crippen LogP contribution in [0.15, 0.2) is 60.9 Å². The zero-order valence-corrected chi connectivity index (χ0v) is 26.5. The molecule has 3 atom stereocenters. The van der Waals surface area contributed by atoms with Crippen LogP contribution in [0.4, 0.5) is 13.2 Å². The minimum atomic E-state index is -1.07. The van der Waals surface area contributed by atoms with Gasteiger partial charge in [-0.15, -0.1) is 0 Å². The number of benzene rings is 2. The molecule has 8 nitrogen and oxygen atoms in total. The topological polar surface area (TPSA) is 107 Å². The Hall–Kier alpha value is -3.64. The fourth-order valence-corrected chi connectivity index (χ4v) is 6.36. The number of ketones is 1. The molecule has 1 aromatic heterocycles. The van der Waals surface area contributed by atoms with Crippen LogP contribution in [-0.4, -0.2) is 79.2 Å². The molecule has 47 heavy (non-hydrogen) atoms. The lowest BCUT2D eigenvalue weighted by Crippen LogP contribution is -2.49. The Bertz CT molecular complexity index is 1410. The monoisotopic (exact) mass is 652 g/mol. The first-order chi connectivity index (χ1) is 22.8. The van der Waals surface area contributed by atoms with Crippen LogP contribution in [0.25, 0.3) is 0 Å². The normalized spacial score (nSPS) is 19.2. The molecule has 2 aromatic carbocycles. The highest BCUT2D eigenvalue weighted by atomic mass is 19.1. The van der Waals surface area contributed by atoms with Gasteiger partial charge in [0.25, 0.3) is 0 Å². The second kappa shape index (κ2) is 17.0. The third-order valence-corrected chi connectivity index (χ3v) is 9.03. The Labute approximate surface area is 273 Å². The summed E-state index contributed by atoms with van der Waals surface area (Å²) in [4.78, 5) is 32.1. The molecule has 2 fully saturated rings. The number of rotatable bonds is 15. The van der Waals surface area contributed by atoms with Gasteiger partial charge < -0.3 is 25.4 Å². The minimum Gasteiger partial charge on any atom is -0.464 e. The summed E-state index contributed by atoms with van der Waals surface area (Å²) < 4.78 is 53.9. The van der Waals surface area contributed by atoms with E-state index in [2.05, 4.69) is 15.2 Å². The van der Waals surface area contributed by atoms with Crippen LogP contribution < -0.4 is 11.1 Å². The zero-order valence-electron chi connectivity index (χ0n) is 26.5. The van der Waals surface area contributed by atoms with Crippen LogP contribution in [0.1, 0.15) is 60.3 Å². The molecule has 3 aromatic rings. The zero-order chi connectivity index (χ0) is 33.2. The second-order valence-corrected chi connectivity index (χ2v) is 12.4. The Balaban J connectivity index is 1.12. The van der Waals surface area contributed by atoms with Gasteiger partial charge in [0.2, 0.25) is 0 Å². The van der Waals surface area contributed by atoms with E-state index in [1.165, 1.54) is 43.3 Å². The van der Waals surface area contributed by atoms with E-state index < -0.39 is 29.4 Å². The molecular weight excluding hydrogens is 609 g/mol. The highest BCUT2D eigenvalue weighted by molar-refractivity contribution is 5.87. The summed E-state index contributed by atoms with van der Waals surface area (Å²) in [5, 5.41) is 3.35. The minimum absolute atomic E-state index is 0.115. The number of nitrogens with two attached hydrogens (primary N) is 1. The third kappa shape index (κ3) is 9.93. The van der Waals surface area contributed by atoms with Crippen molar-refractivity contribution in [3.8, 4) is 0 Å². The molecule has 0 aliphatic carbocycles. The van der Waals surface area contributed by atoms with E-state index in [9.17, 15) is 18.4 Å². The highest BCUT2D eigenvalue weighted by Gasteiger charge is 2.29. The van der Waals surface area contributed by atoms with Gasteiger partial charge >= 0.3 is 5.97 Å². The number of halogens is 3. The average molecular weight is 653 g/mol. The summed E-state index contributed by atoms with van der Waals surface area (Å²) in [6.45, 7) is 4.25. The Kier molecular flexibility index (Phi) is 12.5. The predicted octanol–water partition coefficient (Wildman–Crippen LogP) is 4.48. The summed E-state index contributed by atoms with van der Waals surface area (Å²) in [7, 11) is 0. The number of likely N-dealkylation sites (tertiary alicyclic amines) is 1. The molecule has 0 spiro atoms. The third-order valence-electron chi connectivity index (χ3n) is 9.03. The van der Waals surface area contributed by atoms with Crippen molar-refractivity contribution in [3.05, 3.63) is 101 Å². The maximum Gasteiger partial charge on any atom is 0.305 e. The van der Waals surface area contributed by atoms with Gasteiger partial charge in [-0.05, 0) is 98.3 Å². The molecule has 2 aliphatic rings. The number of nitrogens with zero attached hydrogens (tertiary/aromatic N) is 2. The summed E-state index contributed by atoms with van der Waals surface area (Å²) in [6, 6.07) is 10.2. The average Bonchev–Trinajstić information content (AvgIpc) is 3.59. The van der Waals surface area contributed by atoms with Crippen LogP contribution in [0.5, 0.6) is 0 Å². The Morgan fingerprint density at radius 1 is 1.00 bits per heavy atom. The van der Waals surface area contributed by atoms with Crippen molar-refractivity contribution in [1.82, 2.24) is 15.2 Å². The fraction of sp³-hybridized carbons (Fsp3) is 0.472. The summed E-state index contributed by atoms with van der Waals surface area (Å²) in [5.41, 5.74) is 8.52. The molecule has 252 valence electrons. The van der Waals surface area contributed by atoms with Crippen LogP contribution in [0, 0.1) is 17.5 Å². The number of morpholine rings is 1. The molecule has 2 saturated heterocycles. The first kappa shape index (κ1) is 34.7. The van der Waals surface area contributed by atoms with E-state index in [-0.39, 0.29) is 36.9 Å². The van der Waals surface area contributed by atoms with Crippen LogP contribution >= 0.6 is 0 Å². The van der Waals surface area contributed by atoms with Crippen molar-refractivity contribution in [2.45, 2.75) is 69.1 Å². The molecule has 0 radical (unpaired) electrons. The number of pyridine rings is 1. The number of ether oxygens (including phenoxy) is 2. The lowest BCUT2D eigenvalue weighted by Gasteiger charge is -2.30. The van der Waals surface area contributed by atoms with Gasteiger partial charge in [-0.3, -0.25) is 14.6 Å². The van der Waals surface area contributed by atoms with E-state index in [1.807, 2.05) is 0 Å². The van der Waals surface area contributed by atoms with Crippen LogP contribution in [0.3, 0.4) is 0 Å². The molecule has 3 N–H and O–H groups in total. The Morgan fingerprint density at radius 2 is 1.66 bits per heavy atom. The standard InChI is InChI=1S/C36H43F3N4O4/c37-27-9-5-24(6-10-27)35(25-7-11-28(38)12-8-25)36(40)33(44)18-26-19-41-21-32(39)31(26)14-13-30-20-42-29(22-46-30)23-47-34(45)4-3-17-43-15-1-2-16-43/h5-12,19,21,29-30,35-36,42H,1-4,13-18,20,22-23,40H2/t29-,30+,36+/m0/s1. The van der Waals surface area contributed by atoms with E-state index in [0.29, 0.717) is 54.7 Å². The smallest absolute Gasteiger partial charge is 0.305 e.